The lowest BCUT2D eigenvalue weighted by Crippen LogP contribution is -2.54. The normalized spacial score (nSPS) is 16.6. The summed E-state index contributed by atoms with van der Waals surface area (Å²) < 4.78 is 37.5. The van der Waals surface area contributed by atoms with Gasteiger partial charge in [-0.2, -0.15) is 13.2 Å². The first-order chi connectivity index (χ1) is 9.74. The average Bonchev–Trinajstić information content (AvgIpc) is 2.37. The van der Waals surface area contributed by atoms with Gasteiger partial charge in [-0.25, -0.2) is 4.79 Å². The smallest absolute Gasteiger partial charge is 0.406 e. The minimum atomic E-state index is -4.63. The molecule has 1 fully saturated rings. The highest BCUT2D eigenvalue weighted by Gasteiger charge is 2.37. The van der Waals surface area contributed by atoms with Gasteiger partial charge >= 0.3 is 18.2 Å². The van der Waals surface area contributed by atoms with Crippen LogP contribution < -0.4 is 5.32 Å². The number of rotatable bonds is 5. The van der Waals surface area contributed by atoms with Gasteiger partial charge in [0, 0.05) is 12.6 Å². The van der Waals surface area contributed by atoms with E-state index in [0.717, 1.165) is 0 Å². The highest BCUT2D eigenvalue weighted by molar-refractivity contribution is 5.80. The molecule has 1 rings (SSSR count). The van der Waals surface area contributed by atoms with Crippen LogP contribution in [0.15, 0.2) is 0 Å². The van der Waals surface area contributed by atoms with E-state index >= 15 is 0 Å². The van der Waals surface area contributed by atoms with Crippen molar-refractivity contribution in [2.75, 3.05) is 32.7 Å². The van der Waals surface area contributed by atoms with Crippen molar-refractivity contribution < 1.29 is 27.9 Å². The fourth-order valence-corrected chi connectivity index (χ4v) is 2.42. The van der Waals surface area contributed by atoms with Gasteiger partial charge in [0.25, 0.3) is 0 Å². The summed E-state index contributed by atoms with van der Waals surface area (Å²) in [6, 6.07) is -1.03. The number of nitrogens with zero attached hydrogens (tertiary/aromatic N) is 2. The minimum absolute atomic E-state index is 0.159. The molecule has 122 valence electrons. The summed E-state index contributed by atoms with van der Waals surface area (Å²) in [5, 5.41) is 11.8. The second kappa shape index (κ2) is 7.48. The van der Waals surface area contributed by atoms with Crippen molar-refractivity contribution in [3.05, 3.63) is 0 Å². The van der Waals surface area contributed by atoms with E-state index in [1.807, 2.05) is 0 Å². The Labute approximate surface area is 120 Å². The predicted molar refractivity (Wildman–Crippen MR) is 68.9 cm³/mol. The molecule has 0 aromatic rings. The average molecular weight is 311 g/mol. The Morgan fingerprint density at radius 3 is 2.29 bits per heavy atom. The number of carboxylic acids is 1. The number of carboxylic acid groups (broad SMARTS) is 1. The van der Waals surface area contributed by atoms with Crippen LogP contribution in [0.5, 0.6) is 0 Å². The third kappa shape index (κ3) is 5.78. The second-order valence-electron chi connectivity index (χ2n) is 4.91. The lowest BCUT2D eigenvalue weighted by Gasteiger charge is -2.37. The molecule has 0 spiro atoms. The summed E-state index contributed by atoms with van der Waals surface area (Å²) in [5.41, 5.74) is 0. The zero-order valence-corrected chi connectivity index (χ0v) is 11.8. The van der Waals surface area contributed by atoms with E-state index in [0.29, 0.717) is 30.8 Å². The number of hydrogen-bond donors (Lipinski definition) is 2. The fourth-order valence-electron chi connectivity index (χ4n) is 2.42. The Hall–Kier alpha value is -1.51. The summed E-state index contributed by atoms with van der Waals surface area (Å²) in [4.78, 5) is 24.6. The molecule has 0 aliphatic carbocycles. The van der Waals surface area contributed by atoms with Crippen LogP contribution in [-0.2, 0) is 4.79 Å². The zero-order valence-electron chi connectivity index (χ0n) is 11.8. The van der Waals surface area contributed by atoms with Gasteiger partial charge in [0.1, 0.15) is 13.1 Å². The number of hydrogen-bond acceptors (Lipinski definition) is 3. The number of aliphatic carboxylic acids is 1. The first kappa shape index (κ1) is 17.5. The maximum atomic E-state index is 12.5. The van der Waals surface area contributed by atoms with Crippen LogP contribution in [0.25, 0.3) is 0 Å². The quantitative estimate of drug-likeness (QED) is 0.798. The Morgan fingerprint density at radius 2 is 1.86 bits per heavy atom. The number of nitrogens with one attached hydrogen (secondary N) is 1. The molecule has 2 N–H and O–H groups in total. The highest BCUT2D eigenvalue weighted by atomic mass is 19.4. The molecule has 0 unspecified atom stereocenters. The van der Waals surface area contributed by atoms with E-state index in [2.05, 4.69) is 5.32 Å². The number of urea groups is 1. The molecule has 0 atom stereocenters. The first-order valence-electron chi connectivity index (χ1n) is 6.79. The summed E-state index contributed by atoms with van der Waals surface area (Å²) in [5.74, 6) is -1.46. The number of carbonyl (C=O) groups excluding carboxylic acids is 1. The summed E-state index contributed by atoms with van der Waals surface area (Å²) >= 11 is 0. The molecule has 2 amide bonds. The van der Waals surface area contributed by atoms with E-state index in [-0.39, 0.29) is 12.6 Å². The first-order valence-corrected chi connectivity index (χ1v) is 6.79. The van der Waals surface area contributed by atoms with Crippen molar-refractivity contribution >= 4 is 12.0 Å². The monoisotopic (exact) mass is 311 g/mol. The van der Waals surface area contributed by atoms with E-state index in [1.165, 1.54) is 4.90 Å². The van der Waals surface area contributed by atoms with Crippen molar-refractivity contribution in [2.24, 2.45) is 0 Å². The number of amides is 2. The van der Waals surface area contributed by atoms with E-state index < -0.39 is 31.3 Å². The molecule has 0 aromatic heterocycles. The van der Waals surface area contributed by atoms with Crippen LogP contribution in [0.3, 0.4) is 0 Å². The minimum Gasteiger partial charge on any atom is -0.480 e. The third-order valence-electron chi connectivity index (χ3n) is 3.30. The maximum Gasteiger partial charge on any atom is 0.406 e. The van der Waals surface area contributed by atoms with Gasteiger partial charge in [0.15, 0.2) is 0 Å². The molecule has 0 aromatic carbocycles. The van der Waals surface area contributed by atoms with Crippen molar-refractivity contribution in [2.45, 2.75) is 32.0 Å². The summed E-state index contributed by atoms with van der Waals surface area (Å²) in [6.45, 7) is 0.780. The summed E-state index contributed by atoms with van der Waals surface area (Å²) in [6.07, 6.45) is -3.34. The van der Waals surface area contributed by atoms with Gasteiger partial charge in [-0.1, -0.05) is 0 Å². The molecule has 0 saturated carbocycles. The largest absolute Gasteiger partial charge is 0.480 e. The van der Waals surface area contributed by atoms with Crippen LogP contribution in [0, 0.1) is 0 Å². The zero-order chi connectivity index (χ0) is 16.0. The SMILES string of the molecule is CCN(C(=O)N(CC(=O)O)CC(F)(F)F)C1CCNCC1. The van der Waals surface area contributed by atoms with Crippen molar-refractivity contribution in [1.82, 2.24) is 15.1 Å². The van der Waals surface area contributed by atoms with Crippen LogP contribution in [0.2, 0.25) is 0 Å². The van der Waals surface area contributed by atoms with Gasteiger partial charge in [-0.05, 0) is 32.9 Å². The Balaban J connectivity index is 2.81. The topological polar surface area (TPSA) is 72.9 Å². The molecule has 21 heavy (non-hydrogen) atoms. The Morgan fingerprint density at radius 1 is 1.29 bits per heavy atom. The van der Waals surface area contributed by atoms with Crippen molar-refractivity contribution in [1.29, 1.82) is 0 Å². The molecule has 1 aliphatic heterocycles. The Kier molecular flexibility index (Phi) is 6.25. The predicted octanol–water partition coefficient (Wildman–Crippen LogP) is 1.13. The van der Waals surface area contributed by atoms with Crippen LogP contribution >= 0.6 is 0 Å². The van der Waals surface area contributed by atoms with E-state index in [1.54, 1.807) is 6.92 Å². The lowest BCUT2D eigenvalue weighted by atomic mass is 10.1. The summed E-state index contributed by atoms with van der Waals surface area (Å²) in [7, 11) is 0. The van der Waals surface area contributed by atoms with Crippen LogP contribution in [0.4, 0.5) is 18.0 Å². The van der Waals surface area contributed by atoms with Crippen LogP contribution in [0.1, 0.15) is 19.8 Å². The highest BCUT2D eigenvalue weighted by Crippen LogP contribution is 2.19. The van der Waals surface area contributed by atoms with E-state index in [4.69, 9.17) is 5.11 Å². The molecule has 1 heterocycles. The molecule has 9 heteroatoms. The van der Waals surface area contributed by atoms with Gasteiger partial charge in [0.05, 0.1) is 0 Å². The fraction of sp³-hybridized carbons (Fsp3) is 0.833. The van der Waals surface area contributed by atoms with Gasteiger partial charge in [0.2, 0.25) is 0 Å². The number of carbonyl (C=O) groups is 2. The molecular formula is C12H20F3N3O3. The molecule has 6 nitrogen and oxygen atoms in total. The second-order valence-corrected chi connectivity index (χ2v) is 4.91. The lowest BCUT2D eigenvalue weighted by molar-refractivity contribution is -0.150. The van der Waals surface area contributed by atoms with Gasteiger partial charge in [-0.15, -0.1) is 0 Å². The molecule has 0 radical (unpaired) electrons. The number of halogens is 3. The Bertz CT molecular complexity index is 370. The van der Waals surface area contributed by atoms with Crippen LogP contribution in [-0.4, -0.2) is 71.8 Å². The van der Waals surface area contributed by atoms with Crippen molar-refractivity contribution in [3.8, 4) is 0 Å². The number of piperidine rings is 1. The van der Waals surface area contributed by atoms with E-state index in [9.17, 15) is 22.8 Å². The van der Waals surface area contributed by atoms with Gasteiger partial charge in [-0.3, -0.25) is 4.79 Å². The molecule has 0 bridgehead atoms. The maximum absolute atomic E-state index is 12.5. The third-order valence-corrected chi connectivity index (χ3v) is 3.30. The van der Waals surface area contributed by atoms with Gasteiger partial charge < -0.3 is 20.2 Å². The molecular weight excluding hydrogens is 291 g/mol. The van der Waals surface area contributed by atoms with Crippen molar-refractivity contribution in [3.63, 3.8) is 0 Å². The molecule has 1 aliphatic rings. The molecule has 1 saturated heterocycles. The number of alkyl halides is 3. The standard InChI is InChI=1S/C12H20F3N3O3/c1-2-18(9-3-5-16-6-4-9)11(21)17(7-10(19)20)8-12(13,14)15/h9,16H,2-8H2,1H3,(H,19,20).